The van der Waals surface area contributed by atoms with Crippen molar-refractivity contribution >= 4 is 45.1 Å². The average Bonchev–Trinajstić information content (AvgIpc) is 3.24. The molecule has 2 heteroatoms. The predicted octanol–water partition coefficient (Wildman–Crippen LogP) is 5.77. The van der Waals surface area contributed by atoms with Crippen molar-refractivity contribution in [3.05, 3.63) is 84.0 Å². The second-order valence-electron chi connectivity index (χ2n) is 6.59. The number of rotatable bonds is 2. The highest BCUT2D eigenvalue weighted by molar-refractivity contribution is 6.06. The highest BCUT2D eigenvalue weighted by atomic mass is 16.3. The molecule has 3 aromatic carbocycles. The fraction of sp³-hybridized carbons (Fsp3) is 0.0400. The Hall–Kier alpha value is -3.52. The Balaban J connectivity index is 1.72. The maximum absolute atomic E-state index is 6.05. The maximum atomic E-state index is 6.05. The van der Waals surface area contributed by atoms with Crippen molar-refractivity contribution in [3.8, 4) is 11.1 Å². The fourth-order valence-corrected chi connectivity index (χ4v) is 3.75. The van der Waals surface area contributed by atoms with Gasteiger partial charge < -0.3 is 8.83 Å². The van der Waals surface area contributed by atoms with Crippen LogP contribution in [0.5, 0.6) is 0 Å². The van der Waals surface area contributed by atoms with Gasteiger partial charge in [0.1, 0.15) is 22.2 Å². The summed E-state index contributed by atoms with van der Waals surface area (Å²) in [6.45, 7) is 5.80. The van der Waals surface area contributed by atoms with Crippen LogP contribution in [0.1, 0.15) is 6.92 Å². The Morgan fingerprint density at radius 3 is 2.15 bits per heavy atom. The first kappa shape index (κ1) is 15.7. The number of furan rings is 2. The Bertz CT molecular complexity index is 1440. The summed E-state index contributed by atoms with van der Waals surface area (Å²) in [5, 5.41) is 4.50. The molecular formula is C25H18O2. The average molecular weight is 350 g/mol. The van der Waals surface area contributed by atoms with Crippen molar-refractivity contribution in [1.82, 2.24) is 0 Å². The zero-order valence-corrected chi connectivity index (χ0v) is 15.0. The van der Waals surface area contributed by atoms with Gasteiger partial charge in [-0.05, 0) is 54.5 Å². The van der Waals surface area contributed by atoms with Gasteiger partial charge in [-0.2, -0.15) is 0 Å². The molecule has 0 aliphatic carbocycles. The number of para-hydroxylation sites is 1. The van der Waals surface area contributed by atoms with E-state index in [9.17, 15) is 0 Å². The molecule has 130 valence electrons. The molecule has 2 nitrogen and oxygen atoms in total. The van der Waals surface area contributed by atoms with Gasteiger partial charge in [0.15, 0.2) is 0 Å². The van der Waals surface area contributed by atoms with Gasteiger partial charge in [0.05, 0.1) is 0 Å². The molecule has 0 atom stereocenters. The minimum Gasteiger partial charge on any atom is -0.456 e. The molecule has 0 saturated heterocycles. The van der Waals surface area contributed by atoms with E-state index in [1.54, 1.807) is 6.08 Å². The molecule has 0 fully saturated rings. The van der Waals surface area contributed by atoms with Gasteiger partial charge in [-0.15, -0.1) is 0 Å². The molecule has 0 N–H and O–H groups in total. The van der Waals surface area contributed by atoms with Crippen LogP contribution < -0.4 is 10.6 Å². The van der Waals surface area contributed by atoms with Crippen molar-refractivity contribution < 1.29 is 8.83 Å². The van der Waals surface area contributed by atoms with Gasteiger partial charge >= 0.3 is 0 Å². The van der Waals surface area contributed by atoms with Crippen LogP contribution in [0.25, 0.3) is 56.2 Å². The van der Waals surface area contributed by atoms with E-state index in [1.807, 2.05) is 31.2 Å². The molecule has 5 aromatic rings. The third-order valence-corrected chi connectivity index (χ3v) is 5.03. The Morgan fingerprint density at radius 2 is 1.41 bits per heavy atom. The highest BCUT2D eigenvalue weighted by Crippen LogP contribution is 2.32. The van der Waals surface area contributed by atoms with E-state index in [4.69, 9.17) is 8.83 Å². The molecule has 0 amide bonds. The molecule has 5 rings (SSSR count). The van der Waals surface area contributed by atoms with Crippen LogP contribution in [-0.4, -0.2) is 0 Å². The van der Waals surface area contributed by atoms with E-state index >= 15 is 0 Å². The van der Waals surface area contributed by atoms with Gasteiger partial charge in [0, 0.05) is 21.4 Å². The Kier molecular flexibility index (Phi) is 3.51. The highest BCUT2D eigenvalue weighted by Gasteiger charge is 2.09. The lowest BCUT2D eigenvalue weighted by atomic mass is 10.0. The summed E-state index contributed by atoms with van der Waals surface area (Å²) in [7, 11) is 0. The van der Waals surface area contributed by atoms with Gasteiger partial charge in [-0.3, -0.25) is 0 Å². The molecule has 0 spiro atoms. The molecule has 27 heavy (non-hydrogen) atoms. The Morgan fingerprint density at radius 1 is 0.741 bits per heavy atom. The smallest absolute Gasteiger partial charge is 0.136 e. The van der Waals surface area contributed by atoms with E-state index < -0.39 is 0 Å². The van der Waals surface area contributed by atoms with Crippen LogP contribution in [0.4, 0.5) is 0 Å². The van der Waals surface area contributed by atoms with E-state index in [0.717, 1.165) is 54.7 Å². The predicted molar refractivity (Wildman–Crippen MR) is 113 cm³/mol. The quantitative estimate of drug-likeness (QED) is 0.404. The van der Waals surface area contributed by atoms with Crippen molar-refractivity contribution in [2.75, 3.05) is 0 Å². The lowest BCUT2D eigenvalue weighted by molar-refractivity contribution is 0.576. The summed E-state index contributed by atoms with van der Waals surface area (Å²) in [5.41, 5.74) is 5.74. The molecule has 0 aliphatic heterocycles. The van der Waals surface area contributed by atoms with E-state index in [1.165, 1.54) is 0 Å². The Labute approximate surface area is 156 Å². The maximum Gasteiger partial charge on any atom is 0.136 e. The molecule has 0 saturated carbocycles. The number of allylic oxidation sites excluding steroid dienone is 1. The summed E-state index contributed by atoms with van der Waals surface area (Å²) in [4.78, 5) is 0. The fourth-order valence-electron chi connectivity index (χ4n) is 3.75. The van der Waals surface area contributed by atoms with Crippen molar-refractivity contribution in [2.45, 2.75) is 6.92 Å². The van der Waals surface area contributed by atoms with Crippen LogP contribution in [-0.2, 0) is 0 Å². The minimum atomic E-state index is 0.840. The molecule has 0 radical (unpaired) electrons. The zero-order chi connectivity index (χ0) is 18.4. The molecule has 0 aliphatic rings. The minimum absolute atomic E-state index is 0.840. The molecule has 0 bridgehead atoms. The monoisotopic (exact) mass is 350 g/mol. The summed E-state index contributed by atoms with van der Waals surface area (Å²) >= 11 is 0. The van der Waals surface area contributed by atoms with Crippen LogP contribution in [0.2, 0.25) is 0 Å². The molecular weight excluding hydrogens is 332 g/mol. The summed E-state index contributed by atoms with van der Waals surface area (Å²) in [6.07, 6.45) is 5.72. The SMILES string of the molecule is C=CC=c1oc2cc(-c3ccc4c(c3)oc3ccccc34)ccc2c1=CC. The number of benzene rings is 3. The standard InChI is InChI=1S/C25H18O2/c1-3-7-22-18(4-2)20-12-10-16(14-24(20)26-22)17-11-13-21-19-8-5-6-9-23(19)27-25(21)15-17/h3-15H,1H2,2H3. The first-order valence-electron chi connectivity index (χ1n) is 9.02. The summed E-state index contributed by atoms with van der Waals surface area (Å²) < 4.78 is 12.1. The van der Waals surface area contributed by atoms with Crippen LogP contribution in [0, 0.1) is 0 Å². The molecule has 0 unspecified atom stereocenters. The normalized spacial score (nSPS) is 13.2. The topological polar surface area (TPSA) is 26.3 Å². The van der Waals surface area contributed by atoms with Gasteiger partial charge in [0.25, 0.3) is 0 Å². The lowest BCUT2D eigenvalue weighted by Gasteiger charge is -2.01. The first-order valence-corrected chi connectivity index (χ1v) is 9.02. The summed E-state index contributed by atoms with van der Waals surface area (Å²) in [5.74, 6) is 0. The molecule has 2 aromatic heterocycles. The second-order valence-corrected chi connectivity index (χ2v) is 6.59. The van der Waals surface area contributed by atoms with Gasteiger partial charge in [-0.1, -0.05) is 49.1 Å². The number of fused-ring (bicyclic) bond motifs is 4. The van der Waals surface area contributed by atoms with Crippen molar-refractivity contribution in [3.63, 3.8) is 0 Å². The van der Waals surface area contributed by atoms with E-state index in [-0.39, 0.29) is 0 Å². The van der Waals surface area contributed by atoms with Crippen LogP contribution >= 0.6 is 0 Å². The summed E-state index contributed by atoms with van der Waals surface area (Å²) in [6, 6.07) is 20.8. The van der Waals surface area contributed by atoms with E-state index in [0.29, 0.717) is 0 Å². The zero-order valence-electron chi connectivity index (χ0n) is 15.0. The van der Waals surface area contributed by atoms with Crippen LogP contribution in [0.3, 0.4) is 0 Å². The van der Waals surface area contributed by atoms with Gasteiger partial charge in [0.2, 0.25) is 0 Å². The largest absolute Gasteiger partial charge is 0.456 e. The third-order valence-electron chi connectivity index (χ3n) is 5.03. The lowest BCUT2D eigenvalue weighted by Crippen LogP contribution is -2.18. The number of hydrogen-bond acceptors (Lipinski definition) is 2. The second kappa shape index (κ2) is 6.03. The van der Waals surface area contributed by atoms with Gasteiger partial charge in [-0.25, -0.2) is 0 Å². The van der Waals surface area contributed by atoms with Crippen molar-refractivity contribution in [2.24, 2.45) is 0 Å². The molecule has 2 heterocycles. The first-order chi connectivity index (χ1) is 13.3. The van der Waals surface area contributed by atoms with E-state index in [2.05, 4.69) is 55.1 Å². The van der Waals surface area contributed by atoms with Crippen LogP contribution in [0.15, 0.2) is 82.2 Å². The number of hydrogen-bond donors (Lipinski definition) is 0. The van der Waals surface area contributed by atoms with Crippen molar-refractivity contribution in [1.29, 1.82) is 0 Å². The third kappa shape index (κ3) is 2.42.